The molecule has 0 radical (unpaired) electrons. The van der Waals surface area contributed by atoms with E-state index in [-0.39, 0.29) is 27.3 Å². The van der Waals surface area contributed by atoms with Gasteiger partial charge in [0.1, 0.15) is 20.5 Å². The van der Waals surface area contributed by atoms with E-state index < -0.39 is 36.6 Å². The molecule has 1 amide bonds. The largest absolute Gasteiger partial charge is 0.493 e. The molecular formula is C39H50Cl3N5O6S2. The summed E-state index contributed by atoms with van der Waals surface area (Å²) < 4.78 is 59.9. The van der Waals surface area contributed by atoms with Gasteiger partial charge in [0, 0.05) is 67.2 Å². The lowest BCUT2D eigenvalue weighted by molar-refractivity contribution is -0.142. The van der Waals surface area contributed by atoms with Crippen LogP contribution in [0.3, 0.4) is 0 Å². The molecule has 0 spiro atoms. The van der Waals surface area contributed by atoms with E-state index in [4.69, 9.17) is 39.5 Å². The number of carbonyl (C=O) groups is 1. The van der Waals surface area contributed by atoms with Crippen LogP contribution in [0.2, 0.25) is 15.1 Å². The fourth-order valence-electron chi connectivity index (χ4n) is 8.06. The first kappa shape index (κ1) is 42.2. The molecule has 3 aromatic carbocycles. The lowest BCUT2D eigenvalue weighted by atomic mass is 9.72. The number of sulfone groups is 1. The van der Waals surface area contributed by atoms with Crippen molar-refractivity contribution in [2.45, 2.75) is 68.1 Å². The number of halogens is 3. The summed E-state index contributed by atoms with van der Waals surface area (Å²) in [5.74, 6) is 0.0447. The Morgan fingerprint density at radius 2 is 1.33 bits per heavy atom. The Morgan fingerprint density at radius 3 is 1.82 bits per heavy atom. The lowest BCUT2D eigenvalue weighted by Gasteiger charge is -2.41. The number of amides is 1. The average Bonchev–Trinajstić information content (AvgIpc) is 3.78. The van der Waals surface area contributed by atoms with Crippen LogP contribution in [0.25, 0.3) is 0 Å². The molecule has 16 heteroatoms. The third-order valence-electron chi connectivity index (χ3n) is 11.3. The SMILES string of the molecule is CCCOc1cc(Cl)c(S(=O)(=O)N2CCCC2)cc1C1(C(=O)N2CCN(CCCS(C)(=O)=O)CC2)N[C@@](C)(c2ccc(Cl)cc2)[C@@](C)(c2ccc(Cl)cc2)N1. The van der Waals surface area contributed by atoms with E-state index in [1.54, 1.807) is 29.2 Å². The molecule has 3 heterocycles. The van der Waals surface area contributed by atoms with Gasteiger partial charge in [-0.25, -0.2) is 16.8 Å². The predicted octanol–water partition coefficient (Wildman–Crippen LogP) is 5.98. The fraction of sp³-hybridized carbons (Fsp3) is 0.513. The van der Waals surface area contributed by atoms with E-state index in [1.807, 2.05) is 45.0 Å². The fourth-order valence-corrected chi connectivity index (χ4v) is 11.0. The van der Waals surface area contributed by atoms with E-state index in [0.717, 1.165) is 24.0 Å². The van der Waals surface area contributed by atoms with E-state index in [1.165, 1.54) is 22.7 Å². The maximum absolute atomic E-state index is 15.7. The predicted molar refractivity (Wildman–Crippen MR) is 218 cm³/mol. The Kier molecular flexibility index (Phi) is 12.6. The zero-order chi connectivity index (χ0) is 39.8. The van der Waals surface area contributed by atoms with Crippen LogP contribution in [0.15, 0.2) is 65.6 Å². The van der Waals surface area contributed by atoms with Crippen LogP contribution >= 0.6 is 34.8 Å². The number of carbonyl (C=O) groups excluding carboxylic acids is 1. The van der Waals surface area contributed by atoms with Crippen molar-refractivity contribution < 1.29 is 26.4 Å². The average molecular weight is 855 g/mol. The maximum atomic E-state index is 15.7. The molecule has 3 aliphatic rings. The van der Waals surface area contributed by atoms with Gasteiger partial charge in [-0.05, 0) is 87.5 Å². The Bertz CT molecular complexity index is 2030. The summed E-state index contributed by atoms with van der Waals surface area (Å²) in [5.41, 5.74) is -1.90. The number of rotatable bonds is 13. The summed E-state index contributed by atoms with van der Waals surface area (Å²) in [6.45, 7) is 9.39. The molecule has 3 aromatic rings. The zero-order valence-electron chi connectivity index (χ0n) is 31.7. The quantitative estimate of drug-likeness (QED) is 0.214. The molecule has 0 saturated carbocycles. The minimum atomic E-state index is -4.05. The first-order chi connectivity index (χ1) is 25.9. The molecule has 0 aliphatic carbocycles. The van der Waals surface area contributed by atoms with Crippen LogP contribution < -0.4 is 15.4 Å². The van der Waals surface area contributed by atoms with Crippen LogP contribution in [0.4, 0.5) is 0 Å². The Morgan fingerprint density at radius 1 is 0.800 bits per heavy atom. The van der Waals surface area contributed by atoms with Crippen LogP contribution in [0, 0.1) is 0 Å². The van der Waals surface area contributed by atoms with Crippen molar-refractivity contribution in [2.75, 3.05) is 64.4 Å². The number of hydrogen-bond donors (Lipinski definition) is 2. The standard InChI is InChI=1S/C39H50Cl3N5O6S2/c1-5-24-53-34-27-33(42)35(55(51,52)47-18-6-7-19-47)26-32(34)39(36(48)46-22-20-45(21-23-46)17-8-25-54(4,49)50)43-37(2,28-9-13-30(40)14-10-28)38(3,44-39)29-11-15-31(41)16-12-29/h9-16,26-27,43-44H,5-8,17-25H2,1-4H3/t37-,38+,39?. The van der Waals surface area contributed by atoms with Crippen LogP contribution in [-0.4, -0.2) is 101 Å². The van der Waals surface area contributed by atoms with Gasteiger partial charge in [0.2, 0.25) is 10.0 Å². The highest BCUT2D eigenvalue weighted by molar-refractivity contribution is 7.90. The van der Waals surface area contributed by atoms with Crippen molar-refractivity contribution in [1.82, 2.24) is 24.7 Å². The van der Waals surface area contributed by atoms with E-state index >= 15 is 4.79 Å². The molecule has 300 valence electrons. The molecule has 3 aliphatic heterocycles. The first-order valence-corrected chi connectivity index (χ1v) is 23.3. The highest BCUT2D eigenvalue weighted by Gasteiger charge is 2.65. The molecule has 0 bridgehead atoms. The number of ether oxygens (including phenoxy) is 1. The van der Waals surface area contributed by atoms with Crippen LogP contribution in [0.5, 0.6) is 5.75 Å². The molecule has 0 aromatic heterocycles. The zero-order valence-corrected chi connectivity index (χ0v) is 35.6. The Hall–Kier alpha value is -2.46. The normalized spacial score (nSPS) is 25.4. The Labute approximate surface area is 340 Å². The van der Waals surface area contributed by atoms with Gasteiger partial charge in [-0.2, -0.15) is 4.31 Å². The van der Waals surface area contributed by atoms with Gasteiger partial charge in [0.05, 0.1) is 28.5 Å². The van der Waals surface area contributed by atoms with E-state index in [9.17, 15) is 16.8 Å². The maximum Gasteiger partial charge on any atom is 0.262 e. The topological polar surface area (TPSA) is 128 Å². The third kappa shape index (κ3) is 8.42. The van der Waals surface area contributed by atoms with Gasteiger partial charge in [-0.1, -0.05) is 66.0 Å². The second kappa shape index (κ2) is 16.4. The summed E-state index contributed by atoms with van der Waals surface area (Å²) in [5, 5.41) is 8.68. The number of nitrogens with one attached hydrogen (secondary N) is 2. The second-order valence-electron chi connectivity index (χ2n) is 15.1. The number of hydrogen-bond acceptors (Lipinski definition) is 9. The Balaban J connectivity index is 1.54. The molecular weight excluding hydrogens is 805 g/mol. The van der Waals surface area contributed by atoms with E-state index in [0.29, 0.717) is 80.9 Å². The van der Waals surface area contributed by atoms with Crippen molar-refractivity contribution in [3.05, 3.63) is 92.4 Å². The van der Waals surface area contributed by atoms with Gasteiger partial charge >= 0.3 is 0 Å². The molecule has 6 rings (SSSR count). The monoisotopic (exact) mass is 853 g/mol. The summed E-state index contributed by atoms with van der Waals surface area (Å²) in [6, 6.07) is 17.9. The van der Waals surface area contributed by atoms with Crippen LogP contribution in [0.1, 0.15) is 63.1 Å². The molecule has 11 nitrogen and oxygen atoms in total. The third-order valence-corrected chi connectivity index (χ3v) is 15.2. The minimum absolute atomic E-state index is 0.00554. The summed E-state index contributed by atoms with van der Waals surface area (Å²) in [6.07, 6.45) is 3.87. The van der Waals surface area contributed by atoms with Gasteiger partial charge < -0.3 is 9.64 Å². The van der Waals surface area contributed by atoms with E-state index in [2.05, 4.69) is 15.5 Å². The summed E-state index contributed by atoms with van der Waals surface area (Å²) >= 11 is 19.7. The van der Waals surface area contributed by atoms with Crippen molar-refractivity contribution in [2.24, 2.45) is 0 Å². The van der Waals surface area contributed by atoms with Crippen molar-refractivity contribution in [3.8, 4) is 5.75 Å². The van der Waals surface area contributed by atoms with Crippen molar-refractivity contribution in [3.63, 3.8) is 0 Å². The van der Waals surface area contributed by atoms with Gasteiger partial charge in [-0.3, -0.25) is 20.3 Å². The molecule has 3 saturated heterocycles. The highest BCUT2D eigenvalue weighted by atomic mass is 35.5. The molecule has 3 fully saturated rings. The molecule has 2 N–H and O–H groups in total. The smallest absolute Gasteiger partial charge is 0.262 e. The first-order valence-electron chi connectivity index (χ1n) is 18.7. The molecule has 1 unspecified atom stereocenters. The second-order valence-corrected chi connectivity index (χ2v) is 20.6. The molecule has 55 heavy (non-hydrogen) atoms. The van der Waals surface area contributed by atoms with Crippen molar-refractivity contribution >= 4 is 60.6 Å². The van der Waals surface area contributed by atoms with Gasteiger partial charge in [0.25, 0.3) is 5.91 Å². The molecule has 3 atom stereocenters. The number of sulfonamides is 1. The van der Waals surface area contributed by atoms with Crippen molar-refractivity contribution in [1.29, 1.82) is 0 Å². The summed E-state index contributed by atoms with van der Waals surface area (Å²) in [7, 11) is -7.14. The minimum Gasteiger partial charge on any atom is -0.493 e. The highest BCUT2D eigenvalue weighted by Crippen LogP contribution is 2.52. The van der Waals surface area contributed by atoms with Gasteiger partial charge in [0.15, 0.2) is 5.66 Å². The van der Waals surface area contributed by atoms with Crippen LogP contribution in [-0.2, 0) is 41.4 Å². The van der Waals surface area contributed by atoms with Gasteiger partial charge in [-0.15, -0.1) is 0 Å². The number of nitrogens with zero attached hydrogens (tertiary/aromatic N) is 3. The summed E-state index contributed by atoms with van der Waals surface area (Å²) in [4.78, 5) is 19.5. The number of benzene rings is 3. The lowest BCUT2D eigenvalue weighted by Crippen LogP contribution is -2.63. The number of piperazine rings is 1.